The molecular weight excluding hydrogens is 182 g/mol. The Bertz CT molecular complexity index is 337. The average Bonchev–Trinajstić information content (AvgIpc) is 2.42. The third-order valence-electron chi connectivity index (χ3n) is 2.08. The first-order valence-corrected chi connectivity index (χ1v) is 5.02. The topological polar surface area (TPSA) is 44.0 Å². The standard InChI is InChI=1S/C10H13NOS/c1-6(5-11)10(12)9-4-7(2)13-8(9)3/h4,6,10,12H,1-3H3. The Morgan fingerprint density at radius 3 is 2.54 bits per heavy atom. The Kier molecular flexibility index (Phi) is 3.07. The van der Waals surface area contributed by atoms with Gasteiger partial charge in [0.1, 0.15) is 0 Å². The minimum atomic E-state index is -0.644. The fourth-order valence-electron chi connectivity index (χ4n) is 1.28. The number of aliphatic hydroxyl groups is 1. The van der Waals surface area contributed by atoms with E-state index in [4.69, 9.17) is 5.26 Å². The molecule has 0 aromatic carbocycles. The minimum absolute atomic E-state index is 0.340. The van der Waals surface area contributed by atoms with Crippen LogP contribution in [0.5, 0.6) is 0 Å². The van der Waals surface area contributed by atoms with Gasteiger partial charge >= 0.3 is 0 Å². The highest BCUT2D eigenvalue weighted by Crippen LogP contribution is 2.30. The van der Waals surface area contributed by atoms with Gasteiger partial charge in [0.25, 0.3) is 0 Å². The highest BCUT2D eigenvalue weighted by Gasteiger charge is 2.18. The van der Waals surface area contributed by atoms with Gasteiger partial charge in [0.2, 0.25) is 0 Å². The average molecular weight is 195 g/mol. The molecule has 2 atom stereocenters. The molecule has 0 saturated heterocycles. The van der Waals surface area contributed by atoms with Crippen molar-refractivity contribution in [2.75, 3.05) is 0 Å². The Hall–Kier alpha value is -0.850. The van der Waals surface area contributed by atoms with Gasteiger partial charge in [0, 0.05) is 9.75 Å². The second-order valence-electron chi connectivity index (χ2n) is 3.23. The summed E-state index contributed by atoms with van der Waals surface area (Å²) in [5.41, 5.74) is 0.900. The number of rotatable bonds is 2. The van der Waals surface area contributed by atoms with E-state index in [9.17, 15) is 5.11 Å². The summed E-state index contributed by atoms with van der Waals surface area (Å²) in [4.78, 5) is 2.28. The molecule has 0 bridgehead atoms. The van der Waals surface area contributed by atoms with Crippen LogP contribution in [0.3, 0.4) is 0 Å². The summed E-state index contributed by atoms with van der Waals surface area (Å²) in [5, 5.41) is 18.4. The van der Waals surface area contributed by atoms with E-state index in [1.54, 1.807) is 18.3 Å². The maximum absolute atomic E-state index is 9.77. The molecule has 0 saturated carbocycles. The molecule has 0 fully saturated rings. The van der Waals surface area contributed by atoms with E-state index in [0.717, 1.165) is 10.4 Å². The van der Waals surface area contributed by atoms with Crippen LogP contribution >= 0.6 is 11.3 Å². The molecule has 13 heavy (non-hydrogen) atoms. The van der Waals surface area contributed by atoms with E-state index in [1.165, 1.54) is 4.88 Å². The van der Waals surface area contributed by atoms with Crippen molar-refractivity contribution in [2.24, 2.45) is 5.92 Å². The zero-order chi connectivity index (χ0) is 10.0. The van der Waals surface area contributed by atoms with Crippen molar-refractivity contribution in [1.29, 1.82) is 5.26 Å². The van der Waals surface area contributed by atoms with Crippen molar-refractivity contribution < 1.29 is 5.11 Å². The van der Waals surface area contributed by atoms with Gasteiger partial charge in [-0.2, -0.15) is 5.26 Å². The normalized spacial score (nSPS) is 15.0. The molecule has 1 N–H and O–H groups in total. The second kappa shape index (κ2) is 3.91. The largest absolute Gasteiger partial charge is 0.387 e. The van der Waals surface area contributed by atoms with Crippen LogP contribution in [0.2, 0.25) is 0 Å². The first-order chi connectivity index (χ1) is 6.06. The lowest BCUT2D eigenvalue weighted by Crippen LogP contribution is -2.06. The van der Waals surface area contributed by atoms with Crippen LogP contribution in [-0.2, 0) is 0 Å². The molecule has 0 radical (unpaired) electrons. The van der Waals surface area contributed by atoms with E-state index in [2.05, 4.69) is 6.07 Å². The summed E-state index contributed by atoms with van der Waals surface area (Å²) in [6.07, 6.45) is -0.644. The van der Waals surface area contributed by atoms with Crippen molar-refractivity contribution >= 4 is 11.3 Å². The molecule has 70 valence electrons. The Balaban J connectivity index is 2.95. The number of nitriles is 1. The minimum Gasteiger partial charge on any atom is -0.387 e. The van der Waals surface area contributed by atoms with Gasteiger partial charge < -0.3 is 5.11 Å². The van der Waals surface area contributed by atoms with E-state index < -0.39 is 6.10 Å². The molecule has 1 aromatic heterocycles. The first kappa shape index (κ1) is 10.2. The van der Waals surface area contributed by atoms with Crippen LogP contribution < -0.4 is 0 Å². The van der Waals surface area contributed by atoms with E-state index in [-0.39, 0.29) is 5.92 Å². The molecule has 0 amide bonds. The monoisotopic (exact) mass is 195 g/mol. The number of hydrogen-bond donors (Lipinski definition) is 1. The Morgan fingerprint density at radius 1 is 1.54 bits per heavy atom. The molecule has 1 rings (SSSR count). The van der Waals surface area contributed by atoms with Gasteiger partial charge in [-0.05, 0) is 32.4 Å². The number of thiophene rings is 1. The lowest BCUT2D eigenvalue weighted by atomic mass is 9.99. The van der Waals surface area contributed by atoms with Crippen LogP contribution in [-0.4, -0.2) is 5.11 Å². The molecule has 1 heterocycles. The van der Waals surface area contributed by atoms with Crippen LogP contribution in [0.4, 0.5) is 0 Å². The number of aliphatic hydroxyl groups excluding tert-OH is 1. The summed E-state index contributed by atoms with van der Waals surface area (Å²) in [6.45, 7) is 5.71. The summed E-state index contributed by atoms with van der Waals surface area (Å²) in [6, 6.07) is 4.01. The quantitative estimate of drug-likeness (QED) is 0.788. The van der Waals surface area contributed by atoms with E-state index in [1.807, 2.05) is 19.9 Å². The number of nitrogens with zero attached hydrogens (tertiary/aromatic N) is 1. The molecular formula is C10H13NOS. The van der Waals surface area contributed by atoms with Crippen molar-refractivity contribution in [3.8, 4) is 6.07 Å². The summed E-state index contributed by atoms with van der Waals surface area (Å²) in [5.74, 6) is -0.340. The van der Waals surface area contributed by atoms with Crippen molar-refractivity contribution in [1.82, 2.24) is 0 Å². The zero-order valence-corrected chi connectivity index (χ0v) is 8.85. The third kappa shape index (κ3) is 2.09. The Morgan fingerprint density at radius 2 is 2.15 bits per heavy atom. The van der Waals surface area contributed by atoms with E-state index in [0.29, 0.717) is 0 Å². The van der Waals surface area contributed by atoms with Crippen LogP contribution in [0.25, 0.3) is 0 Å². The lowest BCUT2D eigenvalue weighted by Gasteiger charge is -2.11. The third-order valence-corrected chi connectivity index (χ3v) is 3.06. The highest BCUT2D eigenvalue weighted by molar-refractivity contribution is 7.12. The molecule has 0 aliphatic carbocycles. The summed E-state index contributed by atoms with van der Waals surface area (Å²) >= 11 is 1.66. The highest BCUT2D eigenvalue weighted by atomic mass is 32.1. The van der Waals surface area contributed by atoms with Gasteiger partial charge in [0.15, 0.2) is 0 Å². The van der Waals surface area contributed by atoms with Gasteiger partial charge in [-0.1, -0.05) is 0 Å². The van der Waals surface area contributed by atoms with Crippen LogP contribution in [0, 0.1) is 31.1 Å². The molecule has 0 spiro atoms. The van der Waals surface area contributed by atoms with Crippen LogP contribution in [0.1, 0.15) is 28.3 Å². The lowest BCUT2D eigenvalue weighted by molar-refractivity contribution is 0.142. The number of hydrogen-bond acceptors (Lipinski definition) is 3. The van der Waals surface area contributed by atoms with E-state index >= 15 is 0 Å². The van der Waals surface area contributed by atoms with Gasteiger partial charge in [-0.3, -0.25) is 0 Å². The summed E-state index contributed by atoms with van der Waals surface area (Å²) < 4.78 is 0. The van der Waals surface area contributed by atoms with Crippen molar-refractivity contribution in [3.63, 3.8) is 0 Å². The molecule has 0 aliphatic heterocycles. The fraction of sp³-hybridized carbons (Fsp3) is 0.500. The van der Waals surface area contributed by atoms with Gasteiger partial charge in [-0.15, -0.1) is 11.3 Å². The Labute approximate surface area is 82.4 Å². The maximum Gasteiger partial charge on any atom is 0.0956 e. The molecule has 0 aliphatic rings. The SMILES string of the molecule is Cc1cc(C(O)C(C)C#N)c(C)s1. The molecule has 2 unspecified atom stereocenters. The van der Waals surface area contributed by atoms with Crippen LogP contribution in [0.15, 0.2) is 6.07 Å². The van der Waals surface area contributed by atoms with Gasteiger partial charge in [-0.25, -0.2) is 0 Å². The first-order valence-electron chi connectivity index (χ1n) is 4.21. The second-order valence-corrected chi connectivity index (χ2v) is 4.69. The predicted octanol–water partition coefficient (Wildman–Crippen LogP) is 2.56. The van der Waals surface area contributed by atoms with Crippen molar-refractivity contribution in [3.05, 3.63) is 21.4 Å². The fourth-order valence-corrected chi connectivity index (χ4v) is 2.25. The van der Waals surface area contributed by atoms with Crippen molar-refractivity contribution in [2.45, 2.75) is 26.9 Å². The summed E-state index contributed by atoms with van der Waals surface area (Å²) in [7, 11) is 0. The van der Waals surface area contributed by atoms with Gasteiger partial charge in [0.05, 0.1) is 18.1 Å². The molecule has 1 aromatic rings. The molecule has 3 heteroatoms. The molecule has 2 nitrogen and oxygen atoms in total. The zero-order valence-electron chi connectivity index (χ0n) is 8.03. The maximum atomic E-state index is 9.77. The smallest absolute Gasteiger partial charge is 0.0956 e. The number of aryl methyl sites for hydroxylation is 2. The predicted molar refractivity (Wildman–Crippen MR) is 53.5 cm³/mol.